The number of esters is 1. The predicted octanol–water partition coefficient (Wildman–Crippen LogP) is 2.76. The van der Waals surface area contributed by atoms with Crippen LogP contribution >= 0.6 is 0 Å². The quantitative estimate of drug-likeness (QED) is 0.600. The van der Waals surface area contributed by atoms with Gasteiger partial charge in [-0.2, -0.15) is 0 Å². The van der Waals surface area contributed by atoms with E-state index in [1.165, 1.54) is 18.2 Å². The third kappa shape index (κ3) is 5.27. The Kier molecular flexibility index (Phi) is 6.36. The monoisotopic (exact) mass is 253 g/mol. The molecule has 18 heavy (non-hydrogen) atoms. The van der Waals surface area contributed by atoms with Gasteiger partial charge < -0.3 is 10.1 Å². The maximum absolute atomic E-state index is 12.9. The highest BCUT2D eigenvalue weighted by molar-refractivity contribution is 5.89. The molecule has 0 bridgehead atoms. The third-order valence-electron chi connectivity index (χ3n) is 2.51. The molecule has 0 radical (unpaired) electrons. The summed E-state index contributed by atoms with van der Waals surface area (Å²) in [5.41, 5.74) is 0.246. The standard InChI is InChI=1S/C14H20FNO2/c1-3-4-8-16-10-11(2)18-14(17)12-6-5-7-13(15)9-12/h5-7,9,11,16H,3-4,8,10H2,1-2H3. The Bertz CT molecular complexity index is 382. The molecule has 1 aromatic rings. The first kappa shape index (κ1) is 14.6. The van der Waals surface area contributed by atoms with Crippen LogP contribution in [-0.2, 0) is 4.74 Å². The predicted molar refractivity (Wildman–Crippen MR) is 69.1 cm³/mol. The van der Waals surface area contributed by atoms with Crippen LogP contribution in [0.1, 0.15) is 37.0 Å². The van der Waals surface area contributed by atoms with Gasteiger partial charge in [-0.15, -0.1) is 0 Å². The van der Waals surface area contributed by atoms with Gasteiger partial charge in [-0.1, -0.05) is 19.4 Å². The minimum atomic E-state index is -0.487. The highest BCUT2D eigenvalue weighted by Crippen LogP contribution is 2.06. The van der Waals surface area contributed by atoms with Crippen LogP contribution in [-0.4, -0.2) is 25.2 Å². The molecule has 0 aliphatic heterocycles. The number of nitrogens with one attached hydrogen (secondary N) is 1. The van der Waals surface area contributed by atoms with Crippen molar-refractivity contribution in [2.45, 2.75) is 32.8 Å². The van der Waals surface area contributed by atoms with E-state index in [0.717, 1.165) is 19.4 Å². The molecule has 0 aliphatic carbocycles. The van der Waals surface area contributed by atoms with Gasteiger partial charge in [0, 0.05) is 6.54 Å². The molecule has 0 heterocycles. The number of hydrogen-bond donors (Lipinski definition) is 1. The second kappa shape index (κ2) is 7.82. The zero-order valence-electron chi connectivity index (χ0n) is 10.9. The second-order valence-corrected chi connectivity index (χ2v) is 4.28. The lowest BCUT2D eigenvalue weighted by Gasteiger charge is -2.14. The molecule has 0 aromatic heterocycles. The topological polar surface area (TPSA) is 38.3 Å². The minimum Gasteiger partial charge on any atom is -0.458 e. The van der Waals surface area contributed by atoms with Gasteiger partial charge in [0.1, 0.15) is 11.9 Å². The van der Waals surface area contributed by atoms with Gasteiger partial charge >= 0.3 is 5.97 Å². The Morgan fingerprint density at radius 1 is 1.50 bits per heavy atom. The van der Waals surface area contributed by atoms with Crippen molar-refractivity contribution in [1.29, 1.82) is 0 Å². The van der Waals surface area contributed by atoms with E-state index in [0.29, 0.717) is 6.54 Å². The van der Waals surface area contributed by atoms with E-state index >= 15 is 0 Å². The first-order valence-electron chi connectivity index (χ1n) is 6.30. The van der Waals surface area contributed by atoms with Crippen LogP contribution in [0.3, 0.4) is 0 Å². The summed E-state index contributed by atoms with van der Waals surface area (Å²) in [6.45, 7) is 5.46. The summed E-state index contributed by atoms with van der Waals surface area (Å²) in [5.74, 6) is -0.919. The van der Waals surface area contributed by atoms with Gasteiger partial charge in [-0.3, -0.25) is 0 Å². The molecule has 1 aromatic carbocycles. The molecule has 0 saturated carbocycles. The van der Waals surface area contributed by atoms with Gasteiger partial charge in [0.2, 0.25) is 0 Å². The average molecular weight is 253 g/mol. The molecule has 100 valence electrons. The lowest BCUT2D eigenvalue weighted by atomic mass is 10.2. The van der Waals surface area contributed by atoms with Gasteiger partial charge in [0.05, 0.1) is 5.56 Å². The summed E-state index contributed by atoms with van der Waals surface area (Å²) in [6.07, 6.45) is 2.01. The molecule has 0 spiro atoms. The lowest BCUT2D eigenvalue weighted by Crippen LogP contribution is -2.29. The molecule has 0 saturated heterocycles. The molecule has 3 nitrogen and oxygen atoms in total. The molecule has 0 amide bonds. The largest absolute Gasteiger partial charge is 0.458 e. The zero-order chi connectivity index (χ0) is 13.4. The summed E-state index contributed by atoms with van der Waals surface area (Å²) in [4.78, 5) is 11.7. The fraction of sp³-hybridized carbons (Fsp3) is 0.500. The van der Waals surface area contributed by atoms with Gasteiger partial charge in [0.25, 0.3) is 0 Å². The van der Waals surface area contributed by atoms with Crippen molar-refractivity contribution in [2.24, 2.45) is 0 Å². The average Bonchev–Trinajstić information content (AvgIpc) is 2.34. The Hall–Kier alpha value is -1.42. The van der Waals surface area contributed by atoms with Crippen LogP contribution in [0.2, 0.25) is 0 Å². The van der Waals surface area contributed by atoms with E-state index < -0.39 is 11.8 Å². The van der Waals surface area contributed by atoms with E-state index in [-0.39, 0.29) is 11.7 Å². The molecule has 1 unspecified atom stereocenters. The Morgan fingerprint density at radius 2 is 2.28 bits per heavy atom. The number of carbonyl (C=O) groups is 1. The number of halogens is 1. The van der Waals surface area contributed by atoms with Crippen LogP contribution in [0.15, 0.2) is 24.3 Å². The Labute approximate surface area is 107 Å². The third-order valence-corrected chi connectivity index (χ3v) is 2.51. The number of rotatable bonds is 7. The first-order valence-corrected chi connectivity index (χ1v) is 6.30. The number of unbranched alkanes of at least 4 members (excludes halogenated alkanes) is 1. The highest BCUT2D eigenvalue weighted by atomic mass is 19.1. The minimum absolute atomic E-state index is 0.224. The first-order chi connectivity index (χ1) is 8.63. The van der Waals surface area contributed by atoms with E-state index in [9.17, 15) is 9.18 Å². The van der Waals surface area contributed by atoms with E-state index in [2.05, 4.69) is 12.2 Å². The molecular formula is C14H20FNO2. The lowest BCUT2D eigenvalue weighted by molar-refractivity contribution is 0.0342. The molecule has 1 N–H and O–H groups in total. The molecule has 4 heteroatoms. The van der Waals surface area contributed by atoms with Crippen molar-refractivity contribution in [1.82, 2.24) is 5.32 Å². The molecular weight excluding hydrogens is 233 g/mol. The van der Waals surface area contributed by atoms with Crippen molar-refractivity contribution in [2.75, 3.05) is 13.1 Å². The summed E-state index contributed by atoms with van der Waals surface area (Å²) in [7, 11) is 0. The Morgan fingerprint density at radius 3 is 2.94 bits per heavy atom. The van der Waals surface area contributed by atoms with Crippen molar-refractivity contribution in [3.05, 3.63) is 35.6 Å². The molecule has 0 fully saturated rings. The van der Waals surface area contributed by atoms with Crippen LogP contribution in [0.4, 0.5) is 4.39 Å². The summed E-state index contributed by atoms with van der Waals surface area (Å²) < 4.78 is 18.1. The van der Waals surface area contributed by atoms with Crippen molar-refractivity contribution in [3.8, 4) is 0 Å². The summed E-state index contributed by atoms with van der Waals surface area (Å²) >= 11 is 0. The number of benzene rings is 1. The van der Waals surface area contributed by atoms with Crippen molar-refractivity contribution < 1.29 is 13.9 Å². The fourth-order valence-electron chi connectivity index (χ4n) is 1.51. The Balaban J connectivity index is 2.35. The number of hydrogen-bond acceptors (Lipinski definition) is 3. The summed E-state index contributed by atoms with van der Waals surface area (Å²) in [5, 5.41) is 3.20. The molecule has 0 aliphatic rings. The van der Waals surface area contributed by atoms with Gasteiger partial charge in [0.15, 0.2) is 0 Å². The van der Waals surface area contributed by atoms with Crippen molar-refractivity contribution in [3.63, 3.8) is 0 Å². The maximum atomic E-state index is 12.9. The normalized spacial score (nSPS) is 12.2. The highest BCUT2D eigenvalue weighted by Gasteiger charge is 2.12. The van der Waals surface area contributed by atoms with Crippen LogP contribution in [0.5, 0.6) is 0 Å². The second-order valence-electron chi connectivity index (χ2n) is 4.28. The van der Waals surface area contributed by atoms with Crippen LogP contribution in [0, 0.1) is 5.82 Å². The van der Waals surface area contributed by atoms with E-state index in [4.69, 9.17) is 4.74 Å². The van der Waals surface area contributed by atoms with E-state index in [1.54, 1.807) is 6.07 Å². The number of ether oxygens (including phenoxy) is 1. The van der Waals surface area contributed by atoms with Crippen LogP contribution < -0.4 is 5.32 Å². The SMILES string of the molecule is CCCCNCC(C)OC(=O)c1cccc(F)c1. The number of carbonyl (C=O) groups excluding carboxylic acids is 1. The maximum Gasteiger partial charge on any atom is 0.338 e. The smallest absolute Gasteiger partial charge is 0.338 e. The molecule has 1 rings (SSSR count). The van der Waals surface area contributed by atoms with Crippen molar-refractivity contribution >= 4 is 5.97 Å². The summed E-state index contributed by atoms with van der Waals surface area (Å²) in [6, 6.07) is 5.52. The van der Waals surface area contributed by atoms with Gasteiger partial charge in [-0.25, -0.2) is 9.18 Å². The fourth-order valence-corrected chi connectivity index (χ4v) is 1.51. The van der Waals surface area contributed by atoms with E-state index in [1.807, 2.05) is 6.92 Å². The van der Waals surface area contributed by atoms with Crippen LogP contribution in [0.25, 0.3) is 0 Å². The molecule has 1 atom stereocenters. The zero-order valence-corrected chi connectivity index (χ0v) is 10.9. The van der Waals surface area contributed by atoms with Gasteiger partial charge in [-0.05, 0) is 38.1 Å².